The van der Waals surface area contributed by atoms with Gasteiger partial charge in [-0.25, -0.2) is 0 Å². The number of quaternary nitrogens is 1. The summed E-state index contributed by atoms with van der Waals surface area (Å²) in [5.41, 5.74) is 3.64. The Morgan fingerprint density at radius 2 is 1.82 bits per heavy atom. The fourth-order valence-corrected chi connectivity index (χ4v) is 4.44. The zero-order valence-corrected chi connectivity index (χ0v) is 16.5. The smallest absolute Gasteiger partial charge is 0.278 e. The van der Waals surface area contributed by atoms with Crippen molar-refractivity contribution >= 4 is 23.6 Å². The highest BCUT2D eigenvalue weighted by atomic mass is 16.2. The maximum Gasteiger partial charge on any atom is 0.278 e. The maximum atomic E-state index is 12.9. The molecule has 5 N–H and O–H groups in total. The van der Waals surface area contributed by atoms with Crippen LogP contribution in [0.5, 0.6) is 0 Å². The number of carbonyl (C=O) groups excluding carboxylic acids is 4. The minimum Gasteiger partial charge on any atom is -0.354 e. The van der Waals surface area contributed by atoms with Crippen LogP contribution in [0.25, 0.3) is 0 Å². The standard InChI is InChI=1S/C19H31N5O4/c20-11-16(25)24-10-9-23(19(28)13-5-2-1-3-6-13)12-15(24)18(27)22-14-7-4-8-21-17(14)26/h13-15H,1-12,20H2,(H,21,26)(H,22,27)/p+1/t14-,15+/m0/s1. The predicted octanol–water partition coefficient (Wildman–Crippen LogP) is -1.76. The van der Waals surface area contributed by atoms with Gasteiger partial charge in [-0.2, -0.15) is 0 Å². The first kappa shape index (κ1) is 20.6. The molecule has 0 aromatic heterocycles. The largest absolute Gasteiger partial charge is 0.354 e. The summed E-state index contributed by atoms with van der Waals surface area (Å²) in [6.45, 7) is 1.62. The molecule has 0 aromatic carbocycles. The molecule has 2 heterocycles. The van der Waals surface area contributed by atoms with E-state index >= 15 is 0 Å². The van der Waals surface area contributed by atoms with Crippen LogP contribution >= 0.6 is 0 Å². The Morgan fingerprint density at radius 1 is 1.07 bits per heavy atom. The molecule has 4 amide bonds. The highest BCUT2D eigenvalue weighted by Gasteiger charge is 2.39. The van der Waals surface area contributed by atoms with Crippen molar-refractivity contribution in [2.45, 2.75) is 57.0 Å². The Morgan fingerprint density at radius 3 is 2.50 bits per heavy atom. The van der Waals surface area contributed by atoms with Crippen molar-refractivity contribution in [1.29, 1.82) is 0 Å². The molecule has 28 heavy (non-hydrogen) atoms. The van der Waals surface area contributed by atoms with Crippen molar-refractivity contribution in [3.05, 3.63) is 0 Å². The lowest BCUT2D eigenvalue weighted by Gasteiger charge is -2.42. The van der Waals surface area contributed by atoms with Gasteiger partial charge in [-0.3, -0.25) is 19.2 Å². The second kappa shape index (κ2) is 9.36. The maximum absolute atomic E-state index is 12.9. The molecule has 1 aliphatic carbocycles. The van der Waals surface area contributed by atoms with Crippen LogP contribution in [-0.4, -0.2) is 78.2 Å². The average molecular weight is 394 g/mol. The fourth-order valence-electron chi connectivity index (χ4n) is 4.44. The summed E-state index contributed by atoms with van der Waals surface area (Å²) in [6.07, 6.45) is 6.48. The van der Waals surface area contributed by atoms with Crippen LogP contribution in [-0.2, 0) is 19.2 Å². The van der Waals surface area contributed by atoms with Gasteiger partial charge < -0.3 is 26.2 Å². The quantitative estimate of drug-likeness (QED) is 0.522. The average Bonchev–Trinajstić information content (AvgIpc) is 2.74. The third-order valence-electron chi connectivity index (χ3n) is 6.09. The van der Waals surface area contributed by atoms with Gasteiger partial charge in [0.2, 0.25) is 17.7 Å². The molecule has 2 aliphatic heterocycles. The second-order valence-electron chi connectivity index (χ2n) is 7.97. The van der Waals surface area contributed by atoms with Gasteiger partial charge in [-0.15, -0.1) is 0 Å². The first-order chi connectivity index (χ1) is 13.5. The molecule has 1 saturated carbocycles. The van der Waals surface area contributed by atoms with Crippen molar-refractivity contribution in [3.8, 4) is 0 Å². The number of piperidine rings is 1. The number of piperazine rings is 1. The molecule has 3 fully saturated rings. The number of nitrogens with one attached hydrogen (secondary N) is 2. The Balaban J connectivity index is 1.69. The number of hydrogen-bond donors (Lipinski definition) is 3. The van der Waals surface area contributed by atoms with E-state index in [9.17, 15) is 19.2 Å². The molecule has 2 atom stereocenters. The van der Waals surface area contributed by atoms with Crippen LogP contribution in [0.15, 0.2) is 0 Å². The van der Waals surface area contributed by atoms with Gasteiger partial charge in [0.25, 0.3) is 5.91 Å². The van der Waals surface area contributed by atoms with Crippen LogP contribution in [0.4, 0.5) is 0 Å². The van der Waals surface area contributed by atoms with Crippen LogP contribution in [0.1, 0.15) is 44.9 Å². The number of carbonyl (C=O) groups is 4. The number of nitrogens with zero attached hydrogens (tertiary/aromatic N) is 2. The monoisotopic (exact) mass is 394 g/mol. The molecule has 156 valence electrons. The summed E-state index contributed by atoms with van der Waals surface area (Å²) in [6, 6.07) is -1.35. The number of hydrogen-bond acceptors (Lipinski definition) is 4. The molecule has 0 aromatic rings. The van der Waals surface area contributed by atoms with Gasteiger partial charge in [-0.1, -0.05) is 19.3 Å². The number of rotatable bonds is 4. The number of amides is 4. The van der Waals surface area contributed by atoms with E-state index in [0.717, 1.165) is 32.1 Å². The van der Waals surface area contributed by atoms with Crippen molar-refractivity contribution < 1.29 is 24.9 Å². The third-order valence-corrected chi connectivity index (χ3v) is 6.09. The lowest BCUT2D eigenvalue weighted by molar-refractivity contribution is -0.357. The summed E-state index contributed by atoms with van der Waals surface area (Å²) in [4.78, 5) is 53.4. The van der Waals surface area contributed by atoms with E-state index in [2.05, 4.69) is 16.4 Å². The third kappa shape index (κ3) is 4.63. The molecule has 0 radical (unpaired) electrons. The van der Waals surface area contributed by atoms with Crippen molar-refractivity contribution in [2.75, 3.05) is 32.7 Å². The Bertz CT molecular complexity index is 619. The van der Waals surface area contributed by atoms with Crippen LogP contribution in [0.2, 0.25) is 0 Å². The van der Waals surface area contributed by atoms with Gasteiger partial charge in [0.05, 0.1) is 6.54 Å². The molecule has 2 saturated heterocycles. The topological polar surface area (TPSA) is 126 Å². The Hall–Kier alpha value is -2.16. The van der Waals surface area contributed by atoms with E-state index in [0.29, 0.717) is 26.1 Å². The molecule has 9 heteroatoms. The van der Waals surface area contributed by atoms with E-state index in [-0.39, 0.29) is 42.6 Å². The molecule has 3 aliphatic rings. The molecule has 0 spiro atoms. The molecular weight excluding hydrogens is 362 g/mol. The Labute approximate surface area is 165 Å². The molecular formula is C19H32N5O4+. The molecule has 9 nitrogen and oxygen atoms in total. The van der Waals surface area contributed by atoms with Crippen LogP contribution in [0.3, 0.4) is 0 Å². The fraction of sp³-hybridized carbons (Fsp3) is 0.789. The summed E-state index contributed by atoms with van der Waals surface area (Å²) < 4.78 is 0. The van der Waals surface area contributed by atoms with E-state index < -0.39 is 12.1 Å². The SMILES string of the molecule is [NH3+]CC(=O)N1CCN(C(=O)C2CCCCC2)C[C@@H]1C(=O)N[C@H]1CCCNC1=O. The predicted molar refractivity (Wildman–Crippen MR) is 101 cm³/mol. The summed E-state index contributed by atoms with van der Waals surface area (Å²) in [7, 11) is 0. The molecule has 3 rings (SSSR count). The summed E-state index contributed by atoms with van der Waals surface area (Å²) in [5.74, 6) is -0.658. The molecule has 0 bridgehead atoms. The first-order valence-electron chi connectivity index (χ1n) is 10.5. The van der Waals surface area contributed by atoms with E-state index in [1.165, 1.54) is 11.3 Å². The highest BCUT2D eigenvalue weighted by molar-refractivity contribution is 5.93. The Kier molecular flexibility index (Phi) is 6.88. The normalized spacial score (nSPS) is 26.5. The lowest BCUT2D eigenvalue weighted by atomic mass is 9.88. The lowest BCUT2D eigenvalue weighted by Crippen LogP contribution is -2.67. The minimum atomic E-state index is -0.773. The van der Waals surface area contributed by atoms with Crippen LogP contribution in [0, 0.1) is 5.92 Å². The van der Waals surface area contributed by atoms with Gasteiger partial charge in [0.1, 0.15) is 12.1 Å². The van der Waals surface area contributed by atoms with E-state index in [1.54, 1.807) is 4.90 Å². The zero-order valence-electron chi connectivity index (χ0n) is 16.5. The van der Waals surface area contributed by atoms with Gasteiger partial charge in [0.15, 0.2) is 6.54 Å². The van der Waals surface area contributed by atoms with Gasteiger partial charge in [0, 0.05) is 25.6 Å². The van der Waals surface area contributed by atoms with Crippen molar-refractivity contribution in [3.63, 3.8) is 0 Å². The summed E-state index contributed by atoms with van der Waals surface area (Å²) >= 11 is 0. The van der Waals surface area contributed by atoms with E-state index in [4.69, 9.17) is 0 Å². The minimum absolute atomic E-state index is 0.0247. The van der Waals surface area contributed by atoms with E-state index in [1.807, 2.05) is 0 Å². The first-order valence-corrected chi connectivity index (χ1v) is 10.5. The van der Waals surface area contributed by atoms with Crippen molar-refractivity contribution in [1.82, 2.24) is 20.4 Å². The van der Waals surface area contributed by atoms with Gasteiger partial charge >= 0.3 is 0 Å². The zero-order chi connectivity index (χ0) is 20.1. The highest BCUT2D eigenvalue weighted by Crippen LogP contribution is 2.26. The van der Waals surface area contributed by atoms with Gasteiger partial charge in [-0.05, 0) is 25.7 Å². The summed E-state index contributed by atoms with van der Waals surface area (Å²) in [5, 5.41) is 5.53. The van der Waals surface area contributed by atoms with Crippen LogP contribution < -0.4 is 16.4 Å². The molecule has 0 unspecified atom stereocenters. The second-order valence-corrected chi connectivity index (χ2v) is 7.97. The van der Waals surface area contributed by atoms with Crippen molar-refractivity contribution in [2.24, 2.45) is 5.92 Å².